The maximum absolute atomic E-state index is 13.5. The van der Waals surface area contributed by atoms with E-state index in [0.717, 1.165) is 0 Å². The Hall–Kier alpha value is -1.92. The van der Waals surface area contributed by atoms with Gasteiger partial charge in [0.2, 0.25) is 0 Å². The number of hydrazine groups is 1. The molecule has 0 spiro atoms. The highest BCUT2D eigenvalue weighted by atomic mass is 19.1. The van der Waals surface area contributed by atoms with E-state index in [2.05, 4.69) is 15.6 Å². The zero-order valence-electron chi connectivity index (χ0n) is 9.37. The summed E-state index contributed by atoms with van der Waals surface area (Å²) in [7, 11) is 0. The fourth-order valence-corrected chi connectivity index (χ4v) is 1.69. The molecule has 6 heteroatoms. The predicted octanol–water partition coefficient (Wildman–Crippen LogP) is 0.992. The van der Waals surface area contributed by atoms with E-state index >= 15 is 0 Å². The minimum Gasteiger partial charge on any atom is -0.384 e. The summed E-state index contributed by atoms with van der Waals surface area (Å²) in [5, 5.41) is 6.43. The van der Waals surface area contributed by atoms with Gasteiger partial charge in [0.15, 0.2) is 0 Å². The molecule has 1 heterocycles. The molecule has 0 amide bonds. The van der Waals surface area contributed by atoms with Crippen molar-refractivity contribution < 1.29 is 4.39 Å². The molecule has 0 fully saturated rings. The Kier molecular flexibility index (Phi) is 3.08. The van der Waals surface area contributed by atoms with Crippen LogP contribution >= 0.6 is 0 Å². The Bertz CT molecular complexity index is 522. The lowest BCUT2D eigenvalue weighted by molar-refractivity contribution is 0.599. The molecular formula is C11H14FN5. The molecule has 0 aliphatic heterocycles. The summed E-state index contributed by atoms with van der Waals surface area (Å²) in [6, 6.07) is 4.55. The third kappa shape index (κ3) is 2.13. The van der Waals surface area contributed by atoms with Crippen LogP contribution in [0.5, 0.6) is 0 Å². The molecule has 0 saturated carbocycles. The van der Waals surface area contributed by atoms with E-state index in [1.54, 1.807) is 25.3 Å². The molecule has 0 radical (unpaired) electrons. The number of nitrogens with zero attached hydrogens (tertiary/aromatic N) is 1. The number of aromatic nitrogens is 2. The molecule has 0 aliphatic carbocycles. The quantitative estimate of drug-likeness (QED) is 0.471. The van der Waals surface area contributed by atoms with Crippen LogP contribution in [0.25, 0.3) is 0 Å². The third-order valence-electron chi connectivity index (χ3n) is 2.71. The van der Waals surface area contributed by atoms with Crippen molar-refractivity contribution in [1.29, 1.82) is 0 Å². The first-order valence-electron chi connectivity index (χ1n) is 5.14. The lowest BCUT2D eigenvalue weighted by atomic mass is 10.00. The van der Waals surface area contributed by atoms with Crippen molar-refractivity contribution in [3.63, 3.8) is 0 Å². The SMILES string of the molecule is Cc1ccc(C(NN)c2cn[nH]c2N)cc1F. The first kappa shape index (κ1) is 11.6. The van der Waals surface area contributed by atoms with Gasteiger partial charge >= 0.3 is 0 Å². The Morgan fingerprint density at radius 2 is 2.24 bits per heavy atom. The number of nitrogen functional groups attached to an aromatic ring is 1. The molecule has 2 aromatic rings. The van der Waals surface area contributed by atoms with E-state index in [1.807, 2.05) is 0 Å². The van der Waals surface area contributed by atoms with Crippen LogP contribution in [-0.2, 0) is 0 Å². The highest BCUT2D eigenvalue weighted by Crippen LogP contribution is 2.25. The van der Waals surface area contributed by atoms with Crippen molar-refractivity contribution in [3.8, 4) is 0 Å². The van der Waals surface area contributed by atoms with E-state index in [0.29, 0.717) is 22.5 Å². The number of hydrogen-bond donors (Lipinski definition) is 4. The molecule has 0 saturated heterocycles. The summed E-state index contributed by atoms with van der Waals surface area (Å²) < 4.78 is 13.5. The highest BCUT2D eigenvalue weighted by Gasteiger charge is 2.17. The van der Waals surface area contributed by atoms with Crippen LogP contribution in [0.4, 0.5) is 10.2 Å². The second-order valence-corrected chi connectivity index (χ2v) is 3.85. The average molecular weight is 235 g/mol. The smallest absolute Gasteiger partial charge is 0.126 e. The van der Waals surface area contributed by atoms with Crippen molar-refractivity contribution in [1.82, 2.24) is 15.6 Å². The van der Waals surface area contributed by atoms with E-state index < -0.39 is 0 Å². The van der Waals surface area contributed by atoms with Gasteiger partial charge in [-0.3, -0.25) is 10.9 Å². The monoisotopic (exact) mass is 235 g/mol. The van der Waals surface area contributed by atoms with Gasteiger partial charge in [0.05, 0.1) is 12.2 Å². The fraction of sp³-hybridized carbons (Fsp3) is 0.182. The Morgan fingerprint density at radius 1 is 1.47 bits per heavy atom. The lowest BCUT2D eigenvalue weighted by Gasteiger charge is -2.16. The van der Waals surface area contributed by atoms with Crippen molar-refractivity contribution in [2.24, 2.45) is 5.84 Å². The summed E-state index contributed by atoms with van der Waals surface area (Å²) in [5.41, 5.74) is 10.3. The number of benzene rings is 1. The van der Waals surface area contributed by atoms with Gasteiger partial charge < -0.3 is 5.73 Å². The van der Waals surface area contributed by atoms with Gasteiger partial charge in [-0.15, -0.1) is 0 Å². The van der Waals surface area contributed by atoms with E-state index in [1.165, 1.54) is 6.07 Å². The molecule has 2 rings (SSSR count). The molecule has 90 valence electrons. The summed E-state index contributed by atoms with van der Waals surface area (Å²) in [5.74, 6) is 5.62. The Labute approximate surface area is 98.0 Å². The molecule has 1 aromatic carbocycles. The summed E-state index contributed by atoms with van der Waals surface area (Å²) in [4.78, 5) is 0. The average Bonchev–Trinajstić information content (AvgIpc) is 2.71. The maximum Gasteiger partial charge on any atom is 0.126 e. The summed E-state index contributed by atoms with van der Waals surface area (Å²) in [6.45, 7) is 1.70. The molecule has 0 aliphatic rings. The minimum atomic E-state index is -0.385. The normalized spacial score (nSPS) is 12.6. The van der Waals surface area contributed by atoms with Crippen LogP contribution in [0, 0.1) is 12.7 Å². The number of halogens is 1. The standard InChI is InChI=1S/C11H14FN5/c1-6-2-3-7(4-9(6)12)10(16-14)8-5-15-17-11(8)13/h2-5,10,16H,14H2,1H3,(H3,13,15,17). The molecule has 1 aromatic heterocycles. The number of aryl methyl sites for hydroxylation is 1. The second-order valence-electron chi connectivity index (χ2n) is 3.85. The van der Waals surface area contributed by atoms with E-state index in [9.17, 15) is 4.39 Å². The fourth-order valence-electron chi connectivity index (χ4n) is 1.69. The predicted molar refractivity (Wildman–Crippen MR) is 63.3 cm³/mol. The summed E-state index contributed by atoms with van der Waals surface area (Å²) >= 11 is 0. The molecule has 1 unspecified atom stereocenters. The van der Waals surface area contributed by atoms with Crippen LogP contribution in [0.3, 0.4) is 0 Å². The second kappa shape index (κ2) is 4.52. The van der Waals surface area contributed by atoms with Gasteiger partial charge in [0.1, 0.15) is 11.6 Å². The molecule has 17 heavy (non-hydrogen) atoms. The van der Waals surface area contributed by atoms with Crippen LogP contribution in [0.1, 0.15) is 22.7 Å². The molecule has 6 N–H and O–H groups in total. The molecule has 1 atom stereocenters. The largest absolute Gasteiger partial charge is 0.384 e. The van der Waals surface area contributed by atoms with Gasteiger partial charge in [0, 0.05) is 5.56 Å². The van der Waals surface area contributed by atoms with Crippen molar-refractivity contribution in [2.45, 2.75) is 13.0 Å². The number of hydrogen-bond acceptors (Lipinski definition) is 4. The summed E-state index contributed by atoms with van der Waals surface area (Å²) in [6.07, 6.45) is 1.57. The minimum absolute atomic E-state index is 0.273. The van der Waals surface area contributed by atoms with Crippen molar-refractivity contribution >= 4 is 5.82 Å². The highest BCUT2D eigenvalue weighted by molar-refractivity contribution is 5.44. The first-order valence-corrected chi connectivity index (χ1v) is 5.14. The van der Waals surface area contributed by atoms with Gasteiger partial charge in [-0.25, -0.2) is 9.82 Å². The van der Waals surface area contributed by atoms with E-state index in [-0.39, 0.29) is 11.9 Å². The number of H-pyrrole nitrogens is 1. The molecule has 0 bridgehead atoms. The Balaban J connectivity index is 2.42. The van der Waals surface area contributed by atoms with Crippen LogP contribution in [0.2, 0.25) is 0 Å². The molecular weight excluding hydrogens is 221 g/mol. The molecule has 5 nitrogen and oxygen atoms in total. The zero-order chi connectivity index (χ0) is 12.4. The van der Waals surface area contributed by atoms with Crippen LogP contribution in [-0.4, -0.2) is 10.2 Å². The Morgan fingerprint density at radius 3 is 2.76 bits per heavy atom. The lowest BCUT2D eigenvalue weighted by Crippen LogP contribution is -2.29. The van der Waals surface area contributed by atoms with Gasteiger partial charge in [-0.1, -0.05) is 12.1 Å². The number of aromatic amines is 1. The van der Waals surface area contributed by atoms with Crippen LogP contribution in [0.15, 0.2) is 24.4 Å². The van der Waals surface area contributed by atoms with E-state index in [4.69, 9.17) is 11.6 Å². The number of rotatable bonds is 3. The number of anilines is 1. The van der Waals surface area contributed by atoms with Crippen LogP contribution < -0.4 is 17.0 Å². The number of nitrogens with two attached hydrogens (primary N) is 2. The van der Waals surface area contributed by atoms with Gasteiger partial charge in [-0.05, 0) is 24.1 Å². The van der Waals surface area contributed by atoms with Crippen molar-refractivity contribution in [2.75, 3.05) is 5.73 Å². The first-order chi connectivity index (χ1) is 8.13. The number of nitrogens with one attached hydrogen (secondary N) is 2. The zero-order valence-corrected chi connectivity index (χ0v) is 9.37. The van der Waals surface area contributed by atoms with Gasteiger partial charge in [0.25, 0.3) is 0 Å². The third-order valence-corrected chi connectivity index (χ3v) is 2.71. The topological polar surface area (TPSA) is 92.7 Å². The van der Waals surface area contributed by atoms with Crippen molar-refractivity contribution in [3.05, 3.63) is 46.9 Å². The maximum atomic E-state index is 13.5. The van der Waals surface area contributed by atoms with Gasteiger partial charge in [-0.2, -0.15) is 5.10 Å².